The van der Waals surface area contributed by atoms with E-state index >= 15 is 0 Å². The van der Waals surface area contributed by atoms with Gasteiger partial charge in [-0.25, -0.2) is 0 Å². The van der Waals surface area contributed by atoms with Gasteiger partial charge in [0.1, 0.15) is 11.6 Å². The van der Waals surface area contributed by atoms with Crippen LogP contribution in [0.3, 0.4) is 0 Å². The SMILES string of the molecule is Cc1noc(C)c1-c1c(C(F)(F)F)nn(C)c1N. The van der Waals surface area contributed by atoms with E-state index in [0.717, 1.165) is 4.68 Å². The van der Waals surface area contributed by atoms with Crippen LogP contribution in [0.2, 0.25) is 0 Å². The predicted octanol–water partition coefficient (Wildman–Crippen LogP) is 2.29. The largest absolute Gasteiger partial charge is 0.435 e. The molecule has 0 aliphatic carbocycles. The number of rotatable bonds is 1. The molecular weight excluding hydrogens is 249 g/mol. The Bertz CT molecular complexity index is 578. The van der Waals surface area contributed by atoms with Crippen molar-refractivity contribution in [3.05, 3.63) is 17.1 Å². The molecule has 0 atom stereocenters. The summed E-state index contributed by atoms with van der Waals surface area (Å²) in [5, 5.41) is 7.05. The highest BCUT2D eigenvalue weighted by molar-refractivity contribution is 5.79. The van der Waals surface area contributed by atoms with Gasteiger partial charge in [0.05, 0.1) is 16.8 Å². The molecular formula is C10H11F3N4O. The molecule has 2 aromatic rings. The van der Waals surface area contributed by atoms with E-state index in [1.54, 1.807) is 6.92 Å². The highest BCUT2D eigenvalue weighted by Gasteiger charge is 2.40. The van der Waals surface area contributed by atoms with Crippen LogP contribution in [0.15, 0.2) is 4.52 Å². The lowest BCUT2D eigenvalue weighted by atomic mass is 10.0. The van der Waals surface area contributed by atoms with E-state index < -0.39 is 11.9 Å². The van der Waals surface area contributed by atoms with Crippen LogP contribution in [0, 0.1) is 13.8 Å². The van der Waals surface area contributed by atoms with E-state index in [1.807, 2.05) is 0 Å². The maximum Gasteiger partial charge on any atom is 0.435 e. The molecule has 0 saturated heterocycles. The van der Waals surface area contributed by atoms with E-state index in [1.165, 1.54) is 14.0 Å². The van der Waals surface area contributed by atoms with Gasteiger partial charge in [-0.1, -0.05) is 5.16 Å². The van der Waals surface area contributed by atoms with Gasteiger partial charge in [-0.15, -0.1) is 0 Å². The minimum atomic E-state index is -4.58. The summed E-state index contributed by atoms with van der Waals surface area (Å²) in [6.07, 6.45) is -4.58. The fraction of sp³-hybridized carbons (Fsp3) is 0.400. The second kappa shape index (κ2) is 3.76. The van der Waals surface area contributed by atoms with Crippen LogP contribution in [0.4, 0.5) is 19.0 Å². The molecule has 0 bridgehead atoms. The van der Waals surface area contributed by atoms with Crippen LogP contribution in [-0.2, 0) is 13.2 Å². The van der Waals surface area contributed by atoms with Crippen molar-refractivity contribution in [2.45, 2.75) is 20.0 Å². The van der Waals surface area contributed by atoms with E-state index in [-0.39, 0.29) is 22.7 Å². The Hall–Kier alpha value is -1.99. The lowest BCUT2D eigenvalue weighted by Crippen LogP contribution is -2.08. The molecule has 0 unspecified atom stereocenters. The van der Waals surface area contributed by atoms with Gasteiger partial charge in [0.2, 0.25) is 0 Å². The molecule has 0 saturated carbocycles. The molecule has 18 heavy (non-hydrogen) atoms. The number of halogens is 3. The molecule has 0 spiro atoms. The maximum atomic E-state index is 12.9. The molecule has 8 heteroatoms. The van der Waals surface area contributed by atoms with Gasteiger partial charge in [-0.05, 0) is 13.8 Å². The Morgan fingerprint density at radius 3 is 2.28 bits per heavy atom. The minimum absolute atomic E-state index is 0.0725. The Kier molecular flexibility index (Phi) is 2.60. The van der Waals surface area contributed by atoms with E-state index in [9.17, 15) is 13.2 Å². The number of nitrogens with zero attached hydrogens (tertiary/aromatic N) is 3. The first-order valence-corrected chi connectivity index (χ1v) is 5.06. The first-order valence-electron chi connectivity index (χ1n) is 5.06. The lowest BCUT2D eigenvalue weighted by Gasteiger charge is -2.06. The van der Waals surface area contributed by atoms with Crippen LogP contribution in [0.1, 0.15) is 17.1 Å². The van der Waals surface area contributed by atoms with Crippen molar-refractivity contribution in [1.29, 1.82) is 0 Å². The highest BCUT2D eigenvalue weighted by Crippen LogP contribution is 2.41. The zero-order chi connectivity index (χ0) is 13.7. The number of hydrogen-bond acceptors (Lipinski definition) is 4. The first kappa shape index (κ1) is 12.5. The van der Waals surface area contributed by atoms with Gasteiger partial charge in [0.25, 0.3) is 0 Å². The van der Waals surface area contributed by atoms with Crippen LogP contribution in [-0.4, -0.2) is 14.9 Å². The van der Waals surface area contributed by atoms with Crippen molar-refractivity contribution in [2.75, 3.05) is 5.73 Å². The number of alkyl halides is 3. The van der Waals surface area contributed by atoms with Crippen molar-refractivity contribution >= 4 is 5.82 Å². The number of aryl methyl sites for hydroxylation is 3. The summed E-state index contributed by atoms with van der Waals surface area (Å²) in [5.74, 6) is 0.203. The zero-order valence-electron chi connectivity index (χ0n) is 9.96. The molecule has 0 aliphatic rings. The second-order valence-corrected chi connectivity index (χ2v) is 3.93. The summed E-state index contributed by atoms with van der Waals surface area (Å²) in [6, 6.07) is 0. The zero-order valence-corrected chi connectivity index (χ0v) is 9.96. The Labute approximate surface area is 100 Å². The number of nitrogen functional groups attached to an aromatic ring is 1. The van der Waals surface area contributed by atoms with Gasteiger partial charge in [0, 0.05) is 7.05 Å². The highest BCUT2D eigenvalue weighted by atomic mass is 19.4. The summed E-state index contributed by atoms with van der Waals surface area (Å²) in [4.78, 5) is 0. The molecule has 2 rings (SSSR count). The van der Waals surface area contributed by atoms with Gasteiger partial charge in [-0.3, -0.25) is 4.68 Å². The fourth-order valence-corrected chi connectivity index (χ4v) is 1.82. The third-order valence-electron chi connectivity index (χ3n) is 2.64. The predicted molar refractivity (Wildman–Crippen MR) is 57.6 cm³/mol. The van der Waals surface area contributed by atoms with Gasteiger partial charge >= 0.3 is 6.18 Å². The number of hydrogen-bond donors (Lipinski definition) is 1. The smallest absolute Gasteiger partial charge is 0.383 e. The number of nitrogens with two attached hydrogens (primary N) is 1. The number of anilines is 1. The summed E-state index contributed by atoms with van der Waals surface area (Å²) >= 11 is 0. The van der Waals surface area contributed by atoms with Crippen molar-refractivity contribution in [3.8, 4) is 11.1 Å². The lowest BCUT2D eigenvalue weighted by molar-refractivity contribution is -0.140. The van der Waals surface area contributed by atoms with Crippen LogP contribution in [0.25, 0.3) is 11.1 Å². The molecule has 5 nitrogen and oxygen atoms in total. The van der Waals surface area contributed by atoms with Gasteiger partial charge < -0.3 is 10.3 Å². The molecule has 2 heterocycles. The topological polar surface area (TPSA) is 69.9 Å². The van der Waals surface area contributed by atoms with E-state index in [0.29, 0.717) is 5.69 Å². The van der Waals surface area contributed by atoms with Gasteiger partial charge in [-0.2, -0.15) is 18.3 Å². The molecule has 0 aromatic carbocycles. The van der Waals surface area contributed by atoms with Crippen molar-refractivity contribution < 1.29 is 17.7 Å². The van der Waals surface area contributed by atoms with Crippen molar-refractivity contribution in [1.82, 2.24) is 14.9 Å². The summed E-state index contributed by atoms with van der Waals surface area (Å²) in [5.41, 5.74) is 5.04. The molecule has 0 aliphatic heterocycles. The first-order chi connectivity index (χ1) is 8.23. The Balaban J connectivity index is 2.79. The fourth-order valence-electron chi connectivity index (χ4n) is 1.82. The van der Waals surface area contributed by atoms with E-state index in [4.69, 9.17) is 10.3 Å². The van der Waals surface area contributed by atoms with Gasteiger partial charge in [0.15, 0.2) is 5.69 Å². The summed E-state index contributed by atoms with van der Waals surface area (Å²) in [7, 11) is 1.35. The number of aromatic nitrogens is 3. The average Bonchev–Trinajstić information content (AvgIpc) is 2.70. The summed E-state index contributed by atoms with van der Waals surface area (Å²) < 4.78 is 44.6. The van der Waals surface area contributed by atoms with Crippen LogP contribution in [0.5, 0.6) is 0 Å². The third kappa shape index (κ3) is 1.73. The average molecular weight is 260 g/mol. The molecule has 98 valence electrons. The maximum absolute atomic E-state index is 12.9. The Morgan fingerprint density at radius 1 is 1.22 bits per heavy atom. The molecule has 2 N–H and O–H groups in total. The van der Waals surface area contributed by atoms with E-state index in [2.05, 4.69) is 10.3 Å². The molecule has 2 aromatic heterocycles. The van der Waals surface area contributed by atoms with Crippen LogP contribution >= 0.6 is 0 Å². The van der Waals surface area contributed by atoms with Crippen molar-refractivity contribution in [3.63, 3.8) is 0 Å². The van der Waals surface area contributed by atoms with Crippen LogP contribution < -0.4 is 5.73 Å². The quantitative estimate of drug-likeness (QED) is 0.854. The molecule has 0 amide bonds. The normalized spacial score (nSPS) is 12.1. The standard InChI is InChI=1S/C10H11F3N4O/c1-4-6(5(2)18-16-4)7-8(10(11,12)13)15-17(3)9(7)14/h14H2,1-3H3. The van der Waals surface area contributed by atoms with Crippen molar-refractivity contribution in [2.24, 2.45) is 7.05 Å². The Morgan fingerprint density at radius 2 is 1.83 bits per heavy atom. The third-order valence-corrected chi connectivity index (χ3v) is 2.64. The minimum Gasteiger partial charge on any atom is -0.383 e. The second-order valence-electron chi connectivity index (χ2n) is 3.93. The molecule has 0 fully saturated rings. The monoisotopic (exact) mass is 260 g/mol. The summed E-state index contributed by atoms with van der Waals surface area (Å²) in [6.45, 7) is 3.08. The molecule has 0 radical (unpaired) electrons.